The molecule has 0 spiro atoms. The number of amides is 1. The molecular weight excluding hydrogens is 326 g/mol. The third-order valence-corrected chi connectivity index (χ3v) is 4.34. The molecule has 24 heavy (non-hydrogen) atoms. The van der Waals surface area contributed by atoms with E-state index in [9.17, 15) is 4.79 Å². The minimum absolute atomic E-state index is 0.184. The second kappa shape index (κ2) is 6.49. The zero-order chi connectivity index (χ0) is 17.3. The molecule has 3 rings (SSSR count). The highest BCUT2D eigenvalue weighted by atomic mass is 35.5. The first-order valence-electron chi connectivity index (χ1n) is 7.65. The van der Waals surface area contributed by atoms with E-state index in [0.29, 0.717) is 16.3 Å². The lowest BCUT2D eigenvalue weighted by Crippen LogP contribution is -2.11. The number of carbonyl (C=O) groups is 1. The fraction of sp³-hybridized carbons (Fsp3) is 0.235. The molecule has 0 radical (unpaired) electrons. The van der Waals surface area contributed by atoms with Gasteiger partial charge in [0.25, 0.3) is 5.91 Å². The van der Waals surface area contributed by atoms with E-state index >= 15 is 0 Å². The Hall–Kier alpha value is -2.60. The standard InChI is InChI=1S/C17H18ClN5O/c1-4-22-10-13(9-19-22)17(24)20-14-5-7-15(8-6-14)23-12(3)16(18)11(2)21-23/h5-10H,4H2,1-3H3,(H,20,24). The van der Waals surface area contributed by atoms with Crippen LogP contribution in [0.4, 0.5) is 5.69 Å². The Kier molecular flexibility index (Phi) is 4.40. The van der Waals surface area contributed by atoms with Crippen LogP contribution < -0.4 is 5.32 Å². The average Bonchev–Trinajstić information content (AvgIpc) is 3.17. The van der Waals surface area contributed by atoms with Crippen LogP contribution in [-0.2, 0) is 6.54 Å². The number of hydrogen-bond donors (Lipinski definition) is 1. The first kappa shape index (κ1) is 16.3. The molecule has 0 saturated heterocycles. The Labute approximate surface area is 145 Å². The van der Waals surface area contributed by atoms with Crippen LogP contribution in [0.5, 0.6) is 0 Å². The smallest absolute Gasteiger partial charge is 0.258 e. The molecule has 3 aromatic rings. The van der Waals surface area contributed by atoms with Gasteiger partial charge in [-0.2, -0.15) is 10.2 Å². The van der Waals surface area contributed by atoms with Crippen molar-refractivity contribution in [2.75, 3.05) is 5.32 Å². The minimum Gasteiger partial charge on any atom is -0.322 e. The Morgan fingerprint density at radius 2 is 1.96 bits per heavy atom. The summed E-state index contributed by atoms with van der Waals surface area (Å²) >= 11 is 6.18. The van der Waals surface area contributed by atoms with Gasteiger partial charge in [-0.1, -0.05) is 11.6 Å². The van der Waals surface area contributed by atoms with Crippen LogP contribution in [0.2, 0.25) is 5.02 Å². The number of carbonyl (C=O) groups excluding carboxylic acids is 1. The number of aromatic nitrogens is 4. The lowest BCUT2D eigenvalue weighted by Gasteiger charge is -2.07. The van der Waals surface area contributed by atoms with E-state index in [1.54, 1.807) is 21.8 Å². The molecule has 0 aliphatic heterocycles. The number of anilines is 1. The molecule has 0 aliphatic rings. The number of nitrogens with one attached hydrogen (secondary N) is 1. The lowest BCUT2D eigenvalue weighted by molar-refractivity contribution is 0.102. The fourth-order valence-corrected chi connectivity index (χ4v) is 2.54. The second-order valence-electron chi connectivity index (χ2n) is 5.48. The highest BCUT2D eigenvalue weighted by Gasteiger charge is 2.12. The summed E-state index contributed by atoms with van der Waals surface area (Å²) in [5.74, 6) is -0.184. The van der Waals surface area contributed by atoms with E-state index in [0.717, 1.165) is 23.6 Å². The van der Waals surface area contributed by atoms with Gasteiger partial charge in [-0.25, -0.2) is 4.68 Å². The number of aryl methyl sites for hydroxylation is 2. The monoisotopic (exact) mass is 343 g/mol. The molecule has 124 valence electrons. The van der Waals surface area contributed by atoms with Crippen LogP contribution in [0, 0.1) is 13.8 Å². The number of rotatable bonds is 4. The predicted molar refractivity (Wildman–Crippen MR) is 93.9 cm³/mol. The molecule has 2 heterocycles. The number of nitrogens with zero attached hydrogens (tertiary/aromatic N) is 4. The quantitative estimate of drug-likeness (QED) is 0.787. The summed E-state index contributed by atoms with van der Waals surface area (Å²) in [4.78, 5) is 12.2. The highest BCUT2D eigenvalue weighted by Crippen LogP contribution is 2.23. The largest absolute Gasteiger partial charge is 0.322 e. The molecule has 0 bridgehead atoms. The van der Waals surface area contributed by atoms with Gasteiger partial charge in [-0.3, -0.25) is 9.48 Å². The minimum atomic E-state index is -0.184. The van der Waals surface area contributed by atoms with E-state index in [1.165, 1.54) is 0 Å². The van der Waals surface area contributed by atoms with E-state index < -0.39 is 0 Å². The SMILES string of the molecule is CCn1cc(C(=O)Nc2ccc(-n3nc(C)c(Cl)c3C)cc2)cn1. The van der Waals surface area contributed by atoms with Gasteiger partial charge in [0, 0.05) is 18.4 Å². The van der Waals surface area contributed by atoms with Crippen LogP contribution in [0.1, 0.15) is 28.7 Å². The maximum Gasteiger partial charge on any atom is 0.258 e. The Morgan fingerprint density at radius 3 is 2.50 bits per heavy atom. The molecule has 0 aliphatic carbocycles. The predicted octanol–water partition coefficient (Wildman–Crippen LogP) is 3.61. The van der Waals surface area contributed by atoms with Crippen molar-refractivity contribution >= 4 is 23.2 Å². The molecular formula is C17H18ClN5O. The molecule has 7 heteroatoms. The van der Waals surface area contributed by atoms with Gasteiger partial charge in [0.15, 0.2) is 0 Å². The molecule has 1 N–H and O–H groups in total. The molecule has 0 unspecified atom stereocenters. The van der Waals surface area contributed by atoms with Crippen molar-refractivity contribution in [3.8, 4) is 5.69 Å². The van der Waals surface area contributed by atoms with Gasteiger partial charge in [-0.05, 0) is 45.0 Å². The van der Waals surface area contributed by atoms with Crippen molar-refractivity contribution in [3.63, 3.8) is 0 Å². The highest BCUT2D eigenvalue weighted by molar-refractivity contribution is 6.31. The van der Waals surface area contributed by atoms with Crippen molar-refractivity contribution in [2.24, 2.45) is 0 Å². The van der Waals surface area contributed by atoms with Crippen LogP contribution >= 0.6 is 11.6 Å². The van der Waals surface area contributed by atoms with Gasteiger partial charge in [0.05, 0.1) is 33.9 Å². The normalized spacial score (nSPS) is 10.8. The van der Waals surface area contributed by atoms with Crippen molar-refractivity contribution in [1.29, 1.82) is 0 Å². The van der Waals surface area contributed by atoms with Crippen LogP contribution in [-0.4, -0.2) is 25.5 Å². The molecule has 0 saturated carbocycles. The Bertz CT molecular complexity index is 879. The number of hydrogen-bond acceptors (Lipinski definition) is 3. The summed E-state index contributed by atoms with van der Waals surface area (Å²) < 4.78 is 3.50. The van der Waals surface area contributed by atoms with Crippen LogP contribution in [0.25, 0.3) is 5.69 Å². The summed E-state index contributed by atoms with van der Waals surface area (Å²) in [6, 6.07) is 7.45. The maximum absolute atomic E-state index is 12.2. The molecule has 0 fully saturated rings. The number of halogens is 1. The number of benzene rings is 1. The molecule has 2 aromatic heterocycles. The lowest BCUT2D eigenvalue weighted by atomic mass is 10.2. The Morgan fingerprint density at radius 1 is 1.25 bits per heavy atom. The van der Waals surface area contributed by atoms with E-state index in [-0.39, 0.29) is 5.91 Å². The van der Waals surface area contributed by atoms with Crippen molar-refractivity contribution in [3.05, 3.63) is 58.6 Å². The molecule has 1 aromatic carbocycles. The van der Waals surface area contributed by atoms with Gasteiger partial charge < -0.3 is 5.32 Å². The van der Waals surface area contributed by atoms with Gasteiger partial charge in [0.1, 0.15) is 0 Å². The zero-order valence-electron chi connectivity index (χ0n) is 13.7. The maximum atomic E-state index is 12.2. The summed E-state index contributed by atoms with van der Waals surface area (Å²) in [5, 5.41) is 12.0. The zero-order valence-corrected chi connectivity index (χ0v) is 14.5. The molecule has 0 atom stereocenters. The van der Waals surface area contributed by atoms with E-state index in [2.05, 4.69) is 15.5 Å². The summed E-state index contributed by atoms with van der Waals surface area (Å²) in [6.45, 7) is 6.49. The van der Waals surface area contributed by atoms with E-state index in [1.807, 2.05) is 45.0 Å². The summed E-state index contributed by atoms with van der Waals surface area (Å²) in [5.41, 5.74) is 3.81. The van der Waals surface area contributed by atoms with E-state index in [4.69, 9.17) is 11.6 Å². The van der Waals surface area contributed by atoms with Crippen molar-refractivity contribution in [1.82, 2.24) is 19.6 Å². The second-order valence-corrected chi connectivity index (χ2v) is 5.86. The van der Waals surface area contributed by atoms with Crippen molar-refractivity contribution < 1.29 is 4.79 Å². The van der Waals surface area contributed by atoms with Gasteiger partial charge >= 0.3 is 0 Å². The fourth-order valence-electron chi connectivity index (χ4n) is 2.42. The summed E-state index contributed by atoms with van der Waals surface area (Å²) in [7, 11) is 0. The van der Waals surface area contributed by atoms with Crippen LogP contribution in [0.3, 0.4) is 0 Å². The average molecular weight is 344 g/mol. The van der Waals surface area contributed by atoms with Gasteiger partial charge in [-0.15, -0.1) is 0 Å². The van der Waals surface area contributed by atoms with Crippen molar-refractivity contribution in [2.45, 2.75) is 27.3 Å². The summed E-state index contributed by atoms with van der Waals surface area (Å²) in [6.07, 6.45) is 3.28. The Balaban J connectivity index is 1.77. The van der Waals surface area contributed by atoms with Gasteiger partial charge in [0.2, 0.25) is 0 Å². The van der Waals surface area contributed by atoms with Crippen LogP contribution in [0.15, 0.2) is 36.7 Å². The molecule has 6 nitrogen and oxygen atoms in total. The first-order valence-corrected chi connectivity index (χ1v) is 8.03. The molecule has 1 amide bonds. The first-order chi connectivity index (χ1) is 11.5. The third kappa shape index (κ3) is 3.05. The third-order valence-electron chi connectivity index (χ3n) is 3.79. The topological polar surface area (TPSA) is 64.7 Å².